The van der Waals surface area contributed by atoms with Gasteiger partial charge in [-0.3, -0.25) is 9.11 Å². The van der Waals surface area contributed by atoms with Gasteiger partial charge in [0.2, 0.25) is 10.0 Å². The summed E-state index contributed by atoms with van der Waals surface area (Å²) >= 11 is 0. The van der Waals surface area contributed by atoms with Crippen molar-refractivity contribution in [2.75, 3.05) is 17.3 Å². The van der Waals surface area contributed by atoms with E-state index in [-0.39, 0.29) is 6.17 Å². The van der Waals surface area contributed by atoms with Gasteiger partial charge in [0, 0.05) is 11.4 Å². The lowest BCUT2D eigenvalue weighted by Gasteiger charge is -2.15. The van der Waals surface area contributed by atoms with Gasteiger partial charge in [0.15, 0.2) is 0 Å². The highest BCUT2D eigenvalue weighted by atomic mass is 32.3. The number of nitrogens with two attached hydrogens (primary N) is 1. The molecule has 1 aromatic rings. The van der Waals surface area contributed by atoms with E-state index in [4.69, 9.17) is 23.3 Å². The van der Waals surface area contributed by atoms with Crippen LogP contribution in [0.25, 0.3) is 0 Å². The normalized spacial score (nSPS) is 13.0. The Morgan fingerprint density at radius 2 is 1.50 bits per heavy atom. The van der Waals surface area contributed by atoms with Crippen molar-refractivity contribution in [2.24, 2.45) is 0 Å². The molecule has 0 saturated heterocycles. The molecular weight excluding hydrogens is 310 g/mol. The van der Waals surface area contributed by atoms with Crippen LogP contribution in [0.2, 0.25) is 0 Å². The van der Waals surface area contributed by atoms with Gasteiger partial charge in [-0.2, -0.15) is 13.1 Å². The zero-order valence-corrected chi connectivity index (χ0v) is 12.4. The molecule has 1 rings (SSSR count). The number of nitrogen functional groups attached to an aromatic ring is 1. The minimum atomic E-state index is -4.67. The van der Waals surface area contributed by atoms with Crippen LogP contribution in [0.15, 0.2) is 24.3 Å². The van der Waals surface area contributed by atoms with E-state index in [1.807, 2.05) is 0 Å². The Morgan fingerprint density at radius 3 is 1.85 bits per heavy atom. The van der Waals surface area contributed by atoms with Crippen LogP contribution in [-0.2, 0) is 20.4 Å². The van der Waals surface area contributed by atoms with Gasteiger partial charge >= 0.3 is 10.4 Å². The molecule has 20 heavy (non-hydrogen) atoms. The highest BCUT2D eigenvalue weighted by molar-refractivity contribution is 7.88. The molecule has 1 unspecified atom stereocenters. The van der Waals surface area contributed by atoms with Crippen LogP contribution in [0.4, 0.5) is 11.4 Å². The minimum absolute atomic E-state index is 0.358. The van der Waals surface area contributed by atoms with Gasteiger partial charge in [0.1, 0.15) is 0 Å². The van der Waals surface area contributed by atoms with Crippen LogP contribution in [0.3, 0.4) is 0 Å². The lowest BCUT2D eigenvalue weighted by atomic mass is 10.3. The van der Waals surface area contributed by atoms with E-state index in [1.54, 1.807) is 31.2 Å². The number of anilines is 2. The van der Waals surface area contributed by atoms with Crippen molar-refractivity contribution in [3.05, 3.63) is 24.3 Å². The molecule has 1 atom stereocenters. The molecule has 0 spiro atoms. The van der Waals surface area contributed by atoms with Crippen LogP contribution < -0.4 is 15.8 Å². The third-order valence-electron chi connectivity index (χ3n) is 1.68. The topological polar surface area (TPSA) is 159 Å². The maximum atomic E-state index is 10.9. The number of benzene rings is 1. The summed E-state index contributed by atoms with van der Waals surface area (Å²) in [5.41, 5.74) is 7.00. The van der Waals surface area contributed by atoms with Crippen LogP contribution in [0, 0.1) is 0 Å². The average Bonchev–Trinajstić information content (AvgIpc) is 2.16. The van der Waals surface area contributed by atoms with Gasteiger partial charge in [0.25, 0.3) is 0 Å². The first-order chi connectivity index (χ1) is 8.87. The smallest absolute Gasteiger partial charge is 0.394 e. The average molecular weight is 327 g/mol. The second-order valence-corrected chi connectivity index (χ2v) is 6.50. The summed E-state index contributed by atoms with van der Waals surface area (Å²) < 4.78 is 55.8. The standard InChI is InChI=1S/C9H15N3O2S.H2O4S/c1-7(12-15(2,13)14)11-9-5-3-8(10)4-6-9;1-5(2,3)4/h3-7,11-12H,10H2,1-2H3;(H2,1,2,3,4). The molecule has 11 heteroatoms. The zero-order chi connectivity index (χ0) is 16.0. The van der Waals surface area contributed by atoms with Crippen molar-refractivity contribution in [2.45, 2.75) is 13.1 Å². The predicted molar refractivity (Wildman–Crippen MR) is 76.1 cm³/mol. The number of nitrogens with one attached hydrogen (secondary N) is 2. The lowest BCUT2D eigenvalue weighted by Crippen LogP contribution is -2.37. The molecular formula is C9H17N3O6S2. The molecule has 0 amide bonds. The molecule has 0 heterocycles. The van der Waals surface area contributed by atoms with E-state index in [9.17, 15) is 8.42 Å². The van der Waals surface area contributed by atoms with Crippen LogP contribution >= 0.6 is 0 Å². The number of hydrogen-bond acceptors (Lipinski definition) is 6. The first-order valence-corrected chi connectivity index (χ1v) is 8.45. The molecule has 0 aliphatic carbocycles. The molecule has 1 aromatic carbocycles. The third kappa shape index (κ3) is 13.0. The summed E-state index contributed by atoms with van der Waals surface area (Å²) in [5, 5.41) is 2.98. The van der Waals surface area contributed by atoms with E-state index in [0.29, 0.717) is 5.69 Å². The Bertz CT molecular complexity index is 604. The minimum Gasteiger partial charge on any atom is -0.399 e. The maximum absolute atomic E-state index is 10.9. The van der Waals surface area contributed by atoms with Gasteiger partial charge in [0.05, 0.1) is 12.4 Å². The molecule has 116 valence electrons. The van der Waals surface area contributed by atoms with Gasteiger partial charge in [-0.05, 0) is 31.2 Å². The Balaban J connectivity index is 0.000000621. The fourth-order valence-electron chi connectivity index (χ4n) is 1.18. The van der Waals surface area contributed by atoms with Crippen molar-refractivity contribution in [1.29, 1.82) is 0 Å². The van der Waals surface area contributed by atoms with Crippen molar-refractivity contribution < 1.29 is 25.9 Å². The molecule has 9 nitrogen and oxygen atoms in total. The molecule has 0 bridgehead atoms. The third-order valence-corrected chi connectivity index (χ3v) is 2.47. The fraction of sp³-hybridized carbons (Fsp3) is 0.333. The summed E-state index contributed by atoms with van der Waals surface area (Å²) in [6.45, 7) is 1.72. The van der Waals surface area contributed by atoms with Gasteiger partial charge < -0.3 is 11.1 Å². The van der Waals surface area contributed by atoms with E-state index in [1.165, 1.54) is 0 Å². The molecule has 6 N–H and O–H groups in total. The van der Waals surface area contributed by atoms with Gasteiger partial charge in [-0.15, -0.1) is 0 Å². The molecule has 0 fully saturated rings. The van der Waals surface area contributed by atoms with Gasteiger partial charge in [-0.25, -0.2) is 8.42 Å². The van der Waals surface area contributed by atoms with Crippen molar-refractivity contribution in [1.82, 2.24) is 4.72 Å². The first-order valence-electron chi connectivity index (χ1n) is 5.16. The summed E-state index contributed by atoms with van der Waals surface area (Å²) in [4.78, 5) is 0. The van der Waals surface area contributed by atoms with E-state index in [2.05, 4.69) is 10.0 Å². The quantitative estimate of drug-likeness (QED) is 0.292. The first kappa shape index (κ1) is 18.6. The Kier molecular flexibility index (Phi) is 6.88. The largest absolute Gasteiger partial charge is 0.399 e. The van der Waals surface area contributed by atoms with Crippen LogP contribution in [0.1, 0.15) is 6.92 Å². The fourth-order valence-corrected chi connectivity index (χ4v) is 1.88. The Labute approximate surface area is 117 Å². The number of hydrogen-bond donors (Lipinski definition) is 5. The van der Waals surface area contributed by atoms with E-state index >= 15 is 0 Å². The highest BCUT2D eigenvalue weighted by Gasteiger charge is 2.07. The van der Waals surface area contributed by atoms with E-state index in [0.717, 1.165) is 11.9 Å². The monoisotopic (exact) mass is 327 g/mol. The Hall–Kier alpha value is -1.40. The Morgan fingerprint density at radius 1 is 1.10 bits per heavy atom. The van der Waals surface area contributed by atoms with Crippen molar-refractivity contribution >= 4 is 31.8 Å². The van der Waals surface area contributed by atoms with Crippen LogP contribution in [-0.4, -0.2) is 38.4 Å². The van der Waals surface area contributed by atoms with Crippen LogP contribution in [0.5, 0.6) is 0 Å². The maximum Gasteiger partial charge on any atom is 0.394 e. The predicted octanol–water partition coefficient (Wildman–Crippen LogP) is -0.0769. The summed E-state index contributed by atoms with van der Waals surface area (Å²) in [5.74, 6) is 0. The lowest BCUT2D eigenvalue weighted by molar-refractivity contribution is 0.381. The SMILES string of the molecule is CC(Nc1ccc(N)cc1)NS(C)(=O)=O.O=S(=O)(O)O. The zero-order valence-electron chi connectivity index (χ0n) is 10.8. The van der Waals surface area contributed by atoms with Crippen molar-refractivity contribution in [3.63, 3.8) is 0 Å². The molecule has 0 saturated carbocycles. The summed E-state index contributed by atoms with van der Waals surface area (Å²) in [6.07, 6.45) is 0.761. The van der Waals surface area contributed by atoms with E-state index < -0.39 is 20.4 Å². The number of rotatable bonds is 4. The summed E-state index contributed by atoms with van der Waals surface area (Å²) in [6, 6.07) is 7.07. The summed E-state index contributed by atoms with van der Waals surface area (Å²) in [7, 11) is -7.86. The molecule has 0 aromatic heterocycles. The second kappa shape index (κ2) is 7.40. The van der Waals surface area contributed by atoms with Crippen molar-refractivity contribution in [3.8, 4) is 0 Å². The molecule has 0 aliphatic rings. The number of sulfonamides is 1. The highest BCUT2D eigenvalue weighted by Crippen LogP contribution is 2.10. The molecule has 0 radical (unpaired) electrons. The molecule has 0 aliphatic heterocycles. The van der Waals surface area contributed by atoms with Gasteiger partial charge in [-0.1, -0.05) is 0 Å². The second-order valence-electron chi connectivity index (χ2n) is 3.83.